The Morgan fingerprint density at radius 2 is 1.50 bits per heavy atom. The second-order valence-corrected chi connectivity index (χ2v) is 4.35. The number of rotatable bonds is 6. The smallest absolute Gasteiger partial charge is 0.355 e. The van der Waals surface area contributed by atoms with Crippen molar-refractivity contribution in [2.75, 3.05) is 11.9 Å². The molecule has 1 amide bonds. The van der Waals surface area contributed by atoms with E-state index in [2.05, 4.69) is 15.9 Å². The fourth-order valence-electron chi connectivity index (χ4n) is 1.19. The van der Waals surface area contributed by atoms with Crippen LogP contribution >= 0.6 is 15.9 Å². The first-order chi connectivity index (χ1) is 8.10. The van der Waals surface area contributed by atoms with E-state index >= 15 is 0 Å². The zero-order valence-electron chi connectivity index (χ0n) is 9.17. The van der Waals surface area contributed by atoms with Gasteiger partial charge in [0.25, 0.3) is 0 Å². The van der Waals surface area contributed by atoms with Crippen molar-refractivity contribution in [2.24, 2.45) is 5.92 Å². The number of carbonyl (C=O) groups is 1. The minimum atomic E-state index is -5.63. The van der Waals surface area contributed by atoms with Gasteiger partial charge in [0.15, 0.2) is 0 Å². The first kappa shape index (κ1) is 17.5. The summed E-state index contributed by atoms with van der Waals surface area (Å²) in [5, 5.41) is 2.35. The summed E-state index contributed by atoms with van der Waals surface area (Å²) in [6, 6.07) is 0. The summed E-state index contributed by atoms with van der Waals surface area (Å²) in [4.78, 5) is 10.9. The molecule has 108 valence electrons. The van der Waals surface area contributed by atoms with Crippen LogP contribution in [0.5, 0.6) is 0 Å². The van der Waals surface area contributed by atoms with Crippen LogP contribution in [-0.2, 0) is 4.79 Å². The maximum atomic E-state index is 12.1. The Labute approximate surface area is 108 Å². The van der Waals surface area contributed by atoms with Gasteiger partial charge in [-0.05, 0) is 12.8 Å². The summed E-state index contributed by atoms with van der Waals surface area (Å²) in [6.45, 7) is -0.200. The summed E-state index contributed by atoms with van der Waals surface area (Å²) in [5.74, 6) is -6.00. The summed E-state index contributed by atoms with van der Waals surface area (Å²) in [6.07, 6.45) is -9.58. The fourth-order valence-corrected chi connectivity index (χ4v) is 1.59. The number of alkyl halides is 7. The summed E-state index contributed by atoms with van der Waals surface area (Å²) >= 11 is 3.12. The Morgan fingerprint density at radius 3 is 1.89 bits per heavy atom. The SMILES string of the molecule is O=C(NCCCCCBr)C(C(F)(F)F)C(F)(F)F. The van der Waals surface area contributed by atoms with Gasteiger partial charge in [0, 0.05) is 11.9 Å². The lowest BCUT2D eigenvalue weighted by Gasteiger charge is -2.21. The molecule has 9 heteroatoms. The molecule has 0 unspecified atom stereocenters. The molecule has 0 spiro atoms. The minimum absolute atomic E-state index is 0.200. The molecule has 18 heavy (non-hydrogen) atoms. The van der Waals surface area contributed by atoms with E-state index < -0.39 is 24.2 Å². The van der Waals surface area contributed by atoms with Crippen molar-refractivity contribution in [1.82, 2.24) is 5.32 Å². The zero-order valence-corrected chi connectivity index (χ0v) is 10.8. The molecule has 1 N–H and O–H groups in total. The van der Waals surface area contributed by atoms with Crippen molar-refractivity contribution < 1.29 is 31.1 Å². The number of carbonyl (C=O) groups excluding carboxylic acids is 1. The third-order valence-electron chi connectivity index (χ3n) is 2.03. The molecule has 0 saturated carbocycles. The lowest BCUT2D eigenvalue weighted by Crippen LogP contribution is -2.48. The van der Waals surface area contributed by atoms with E-state index in [1.807, 2.05) is 0 Å². The third-order valence-corrected chi connectivity index (χ3v) is 2.59. The molecular formula is C9H12BrF6NO. The summed E-state index contributed by atoms with van der Waals surface area (Å²) in [7, 11) is 0. The van der Waals surface area contributed by atoms with E-state index in [-0.39, 0.29) is 6.54 Å². The van der Waals surface area contributed by atoms with E-state index in [0.717, 1.165) is 6.42 Å². The number of hydrogen-bond acceptors (Lipinski definition) is 1. The minimum Gasteiger partial charge on any atom is -0.355 e. The third kappa shape index (κ3) is 6.46. The lowest BCUT2D eigenvalue weighted by atomic mass is 10.1. The molecule has 2 nitrogen and oxygen atoms in total. The van der Waals surface area contributed by atoms with Crippen LogP contribution in [-0.4, -0.2) is 30.1 Å². The Bertz CT molecular complexity index is 251. The first-order valence-electron chi connectivity index (χ1n) is 5.07. The van der Waals surface area contributed by atoms with Gasteiger partial charge in [0.1, 0.15) is 0 Å². The van der Waals surface area contributed by atoms with Crippen LogP contribution in [0.1, 0.15) is 19.3 Å². The highest BCUT2D eigenvalue weighted by Gasteiger charge is 2.60. The molecule has 0 fully saturated rings. The van der Waals surface area contributed by atoms with Gasteiger partial charge < -0.3 is 5.32 Å². The topological polar surface area (TPSA) is 29.1 Å². The number of nitrogens with one attached hydrogen (secondary N) is 1. The molecule has 0 rings (SSSR count). The van der Waals surface area contributed by atoms with E-state index in [1.54, 1.807) is 5.32 Å². The van der Waals surface area contributed by atoms with E-state index in [4.69, 9.17) is 0 Å². The number of unbranched alkanes of at least 4 members (excludes halogenated alkanes) is 2. The van der Waals surface area contributed by atoms with Crippen LogP contribution in [0.2, 0.25) is 0 Å². The van der Waals surface area contributed by atoms with E-state index in [9.17, 15) is 31.1 Å². The van der Waals surface area contributed by atoms with Crippen LogP contribution < -0.4 is 5.32 Å². The molecule has 0 bridgehead atoms. The molecule has 0 aromatic heterocycles. The summed E-state index contributed by atoms with van der Waals surface area (Å²) in [5.41, 5.74) is 0. The number of halogens is 7. The van der Waals surface area contributed by atoms with Gasteiger partial charge in [-0.15, -0.1) is 0 Å². The lowest BCUT2D eigenvalue weighted by molar-refractivity contribution is -0.274. The predicted octanol–water partition coefficient (Wildman–Crippen LogP) is 3.41. The van der Waals surface area contributed by atoms with Crippen molar-refractivity contribution in [2.45, 2.75) is 31.6 Å². The van der Waals surface area contributed by atoms with Crippen molar-refractivity contribution in [3.8, 4) is 0 Å². The van der Waals surface area contributed by atoms with E-state index in [1.165, 1.54) is 0 Å². The highest BCUT2D eigenvalue weighted by Crippen LogP contribution is 2.39. The first-order valence-corrected chi connectivity index (χ1v) is 6.20. The van der Waals surface area contributed by atoms with Crippen LogP contribution in [0, 0.1) is 5.92 Å². The molecule has 0 aromatic rings. The zero-order chi connectivity index (χ0) is 14.4. The molecule has 0 radical (unpaired) electrons. The van der Waals surface area contributed by atoms with E-state index in [0.29, 0.717) is 18.2 Å². The summed E-state index contributed by atoms with van der Waals surface area (Å²) < 4.78 is 72.7. The highest BCUT2D eigenvalue weighted by atomic mass is 79.9. The predicted molar refractivity (Wildman–Crippen MR) is 56.3 cm³/mol. The Kier molecular flexibility index (Phi) is 7.01. The number of amides is 1. The molecule has 0 heterocycles. The normalized spacial score (nSPS) is 12.9. The van der Waals surface area contributed by atoms with Crippen molar-refractivity contribution >= 4 is 21.8 Å². The van der Waals surface area contributed by atoms with Crippen molar-refractivity contribution in [3.63, 3.8) is 0 Å². The van der Waals surface area contributed by atoms with Gasteiger partial charge in [-0.2, -0.15) is 26.3 Å². The van der Waals surface area contributed by atoms with Crippen molar-refractivity contribution in [1.29, 1.82) is 0 Å². The molecular weight excluding hydrogens is 332 g/mol. The Morgan fingerprint density at radius 1 is 1.00 bits per heavy atom. The average molecular weight is 344 g/mol. The van der Waals surface area contributed by atoms with Gasteiger partial charge in [0.05, 0.1) is 0 Å². The van der Waals surface area contributed by atoms with Crippen LogP contribution in [0.4, 0.5) is 26.3 Å². The van der Waals surface area contributed by atoms with Gasteiger partial charge in [0.2, 0.25) is 11.8 Å². The Balaban J connectivity index is 4.34. The maximum absolute atomic E-state index is 12.1. The molecule has 0 aliphatic rings. The largest absolute Gasteiger partial charge is 0.409 e. The maximum Gasteiger partial charge on any atom is 0.409 e. The second-order valence-electron chi connectivity index (χ2n) is 3.56. The molecule has 0 saturated heterocycles. The van der Waals surface area contributed by atoms with Crippen LogP contribution in [0.15, 0.2) is 0 Å². The van der Waals surface area contributed by atoms with Gasteiger partial charge in [-0.1, -0.05) is 22.4 Å². The molecule has 0 aliphatic heterocycles. The van der Waals surface area contributed by atoms with Gasteiger partial charge in [-0.3, -0.25) is 4.79 Å². The fraction of sp³-hybridized carbons (Fsp3) is 0.889. The monoisotopic (exact) mass is 343 g/mol. The average Bonchev–Trinajstić information content (AvgIpc) is 2.12. The quantitative estimate of drug-likeness (QED) is 0.447. The molecule has 0 atom stereocenters. The van der Waals surface area contributed by atoms with Crippen molar-refractivity contribution in [3.05, 3.63) is 0 Å². The number of hydrogen-bond donors (Lipinski definition) is 1. The molecule has 0 aliphatic carbocycles. The van der Waals surface area contributed by atoms with Gasteiger partial charge in [-0.25, -0.2) is 0 Å². The van der Waals surface area contributed by atoms with Crippen LogP contribution in [0.3, 0.4) is 0 Å². The van der Waals surface area contributed by atoms with Gasteiger partial charge >= 0.3 is 12.4 Å². The van der Waals surface area contributed by atoms with Crippen LogP contribution in [0.25, 0.3) is 0 Å². The highest BCUT2D eigenvalue weighted by molar-refractivity contribution is 9.09. The Hall–Kier alpha value is -0.470. The molecule has 0 aromatic carbocycles. The standard InChI is InChI=1S/C9H12BrF6NO/c10-4-2-1-3-5-17-7(18)6(8(11,12)13)9(14,15)16/h6H,1-5H2,(H,17,18). The second kappa shape index (κ2) is 7.20.